The SMILES string of the molecule is OC[C@H]1C=C[C@@H](N[C@H]2CC3(CCC3)Oc3ccccc32)C1. The first-order valence-electron chi connectivity index (χ1n) is 8.11. The molecule has 0 amide bonds. The second-order valence-electron chi connectivity index (χ2n) is 6.77. The normalized spacial score (nSPS) is 32.5. The Kier molecular flexibility index (Phi) is 3.27. The third-order valence-corrected chi connectivity index (χ3v) is 5.28. The van der Waals surface area contributed by atoms with E-state index < -0.39 is 0 Å². The molecule has 3 aliphatic rings. The van der Waals surface area contributed by atoms with Gasteiger partial charge in [0, 0.05) is 36.6 Å². The number of rotatable bonds is 3. The van der Waals surface area contributed by atoms with Crippen molar-refractivity contribution in [2.45, 2.75) is 49.8 Å². The molecule has 21 heavy (non-hydrogen) atoms. The first kappa shape index (κ1) is 13.4. The highest BCUT2D eigenvalue weighted by Crippen LogP contribution is 2.49. The van der Waals surface area contributed by atoms with Crippen LogP contribution in [0.1, 0.15) is 43.7 Å². The Morgan fingerprint density at radius 2 is 2.10 bits per heavy atom. The highest BCUT2D eigenvalue weighted by Gasteiger charge is 2.45. The predicted molar refractivity (Wildman–Crippen MR) is 82.3 cm³/mol. The Morgan fingerprint density at radius 3 is 2.81 bits per heavy atom. The van der Waals surface area contributed by atoms with Crippen LogP contribution in [0.3, 0.4) is 0 Å². The van der Waals surface area contributed by atoms with Gasteiger partial charge in [-0.25, -0.2) is 0 Å². The van der Waals surface area contributed by atoms with Crippen LogP contribution in [0.25, 0.3) is 0 Å². The number of aliphatic hydroxyl groups excluding tert-OH is 1. The number of fused-ring (bicyclic) bond motifs is 1. The van der Waals surface area contributed by atoms with Gasteiger partial charge < -0.3 is 15.2 Å². The number of hydrogen-bond acceptors (Lipinski definition) is 3. The van der Waals surface area contributed by atoms with Crippen molar-refractivity contribution < 1.29 is 9.84 Å². The Balaban J connectivity index is 1.55. The van der Waals surface area contributed by atoms with Gasteiger partial charge in [0.05, 0.1) is 0 Å². The van der Waals surface area contributed by atoms with Crippen molar-refractivity contribution in [2.24, 2.45) is 5.92 Å². The Bertz CT molecular complexity index is 550. The van der Waals surface area contributed by atoms with Crippen LogP contribution < -0.4 is 10.1 Å². The predicted octanol–water partition coefficient (Wildman–Crippen LogP) is 2.96. The second kappa shape index (κ2) is 5.15. The summed E-state index contributed by atoms with van der Waals surface area (Å²) in [4.78, 5) is 0. The molecule has 3 nitrogen and oxygen atoms in total. The fourth-order valence-electron chi connectivity index (χ4n) is 3.94. The Hall–Kier alpha value is -1.32. The van der Waals surface area contributed by atoms with E-state index in [1.807, 2.05) is 0 Å². The van der Waals surface area contributed by atoms with E-state index in [-0.39, 0.29) is 12.2 Å². The van der Waals surface area contributed by atoms with E-state index in [9.17, 15) is 5.11 Å². The van der Waals surface area contributed by atoms with Gasteiger partial charge in [0.15, 0.2) is 0 Å². The van der Waals surface area contributed by atoms with Gasteiger partial charge in [-0.05, 0) is 31.7 Å². The topological polar surface area (TPSA) is 41.5 Å². The average Bonchev–Trinajstić information content (AvgIpc) is 2.93. The third-order valence-electron chi connectivity index (χ3n) is 5.28. The quantitative estimate of drug-likeness (QED) is 0.839. The molecule has 3 heteroatoms. The summed E-state index contributed by atoms with van der Waals surface area (Å²) in [5, 5.41) is 13.1. The van der Waals surface area contributed by atoms with Gasteiger partial charge >= 0.3 is 0 Å². The van der Waals surface area contributed by atoms with Gasteiger partial charge in [0.25, 0.3) is 0 Å². The Morgan fingerprint density at radius 1 is 1.24 bits per heavy atom. The largest absolute Gasteiger partial charge is 0.487 e. The summed E-state index contributed by atoms with van der Waals surface area (Å²) >= 11 is 0. The van der Waals surface area contributed by atoms with Crippen LogP contribution in [0.15, 0.2) is 36.4 Å². The zero-order valence-electron chi connectivity index (χ0n) is 12.3. The minimum atomic E-state index is 0.0741. The molecule has 3 atom stereocenters. The number of nitrogens with one attached hydrogen (secondary N) is 1. The van der Waals surface area contributed by atoms with Crippen LogP contribution in [0, 0.1) is 5.92 Å². The van der Waals surface area contributed by atoms with E-state index >= 15 is 0 Å². The molecule has 112 valence electrons. The minimum absolute atomic E-state index is 0.0741. The van der Waals surface area contributed by atoms with Crippen LogP contribution in [0.2, 0.25) is 0 Å². The third kappa shape index (κ3) is 2.39. The molecule has 0 aromatic heterocycles. The molecule has 0 unspecified atom stereocenters. The van der Waals surface area contributed by atoms with Gasteiger partial charge in [0.1, 0.15) is 11.4 Å². The monoisotopic (exact) mass is 285 g/mol. The van der Waals surface area contributed by atoms with Crippen LogP contribution in [-0.2, 0) is 0 Å². The number of hydrogen-bond donors (Lipinski definition) is 2. The summed E-state index contributed by atoms with van der Waals surface area (Å²) in [6, 6.07) is 9.17. The van der Waals surface area contributed by atoms with Gasteiger partial charge in [-0.1, -0.05) is 30.4 Å². The molecule has 0 saturated heterocycles. The molecular weight excluding hydrogens is 262 g/mol. The van der Waals surface area contributed by atoms with Crippen molar-refractivity contribution in [1.82, 2.24) is 5.32 Å². The molecule has 1 heterocycles. The maximum absolute atomic E-state index is 9.28. The van der Waals surface area contributed by atoms with Crippen molar-refractivity contribution in [2.75, 3.05) is 6.61 Å². The molecule has 4 rings (SSSR count). The van der Waals surface area contributed by atoms with Gasteiger partial charge in [-0.15, -0.1) is 0 Å². The van der Waals surface area contributed by atoms with Crippen LogP contribution in [-0.4, -0.2) is 23.4 Å². The lowest BCUT2D eigenvalue weighted by molar-refractivity contribution is -0.0376. The molecule has 1 spiro atoms. The number of aliphatic hydroxyl groups is 1. The summed E-state index contributed by atoms with van der Waals surface area (Å²) in [5.41, 5.74) is 1.36. The van der Waals surface area contributed by atoms with E-state index in [0.29, 0.717) is 18.0 Å². The summed E-state index contributed by atoms with van der Waals surface area (Å²) in [7, 11) is 0. The summed E-state index contributed by atoms with van der Waals surface area (Å²) in [6.45, 7) is 0.253. The maximum Gasteiger partial charge on any atom is 0.124 e. The van der Waals surface area contributed by atoms with E-state index in [2.05, 4.69) is 41.7 Å². The highest BCUT2D eigenvalue weighted by molar-refractivity contribution is 5.39. The minimum Gasteiger partial charge on any atom is -0.487 e. The zero-order chi connectivity index (χ0) is 14.3. The smallest absolute Gasteiger partial charge is 0.124 e. The molecule has 1 fully saturated rings. The first-order chi connectivity index (χ1) is 10.3. The van der Waals surface area contributed by atoms with E-state index in [1.54, 1.807) is 0 Å². The molecule has 1 aromatic carbocycles. The van der Waals surface area contributed by atoms with Crippen molar-refractivity contribution in [3.8, 4) is 5.75 Å². The number of ether oxygens (including phenoxy) is 1. The molecule has 0 radical (unpaired) electrons. The van der Waals surface area contributed by atoms with Crippen molar-refractivity contribution in [3.05, 3.63) is 42.0 Å². The molecule has 1 saturated carbocycles. The second-order valence-corrected chi connectivity index (χ2v) is 6.77. The standard InChI is InChI=1S/C18H23NO2/c20-12-13-6-7-14(10-13)19-16-11-18(8-3-9-18)21-17-5-2-1-4-15(16)17/h1-2,4-7,13-14,16,19-20H,3,8-12H2/t13-,14+,16-/m0/s1. The molecule has 1 aromatic rings. The fourth-order valence-corrected chi connectivity index (χ4v) is 3.94. The summed E-state index contributed by atoms with van der Waals surface area (Å²) in [5.74, 6) is 1.37. The van der Waals surface area contributed by atoms with Gasteiger partial charge in [0.2, 0.25) is 0 Å². The van der Waals surface area contributed by atoms with Crippen LogP contribution >= 0.6 is 0 Å². The highest BCUT2D eigenvalue weighted by atomic mass is 16.5. The number of benzene rings is 1. The lowest BCUT2D eigenvalue weighted by atomic mass is 9.73. The van der Waals surface area contributed by atoms with E-state index in [1.165, 1.54) is 24.8 Å². The molecule has 2 N–H and O–H groups in total. The summed E-state index contributed by atoms with van der Waals surface area (Å²) in [6.07, 6.45) is 10.1. The van der Waals surface area contributed by atoms with Crippen molar-refractivity contribution >= 4 is 0 Å². The first-order valence-corrected chi connectivity index (χ1v) is 8.11. The lowest BCUT2D eigenvalue weighted by Crippen LogP contribution is -2.50. The van der Waals surface area contributed by atoms with E-state index in [4.69, 9.17) is 4.74 Å². The molecular formula is C18H23NO2. The van der Waals surface area contributed by atoms with Gasteiger partial charge in [-0.3, -0.25) is 0 Å². The Labute approximate surface area is 126 Å². The molecule has 1 aliphatic heterocycles. The summed E-state index contributed by atoms with van der Waals surface area (Å²) < 4.78 is 6.29. The maximum atomic E-state index is 9.28. The zero-order valence-corrected chi connectivity index (χ0v) is 12.3. The van der Waals surface area contributed by atoms with Crippen molar-refractivity contribution in [1.29, 1.82) is 0 Å². The fraction of sp³-hybridized carbons (Fsp3) is 0.556. The number of para-hydroxylation sites is 1. The average molecular weight is 285 g/mol. The molecule has 2 aliphatic carbocycles. The molecule has 0 bridgehead atoms. The van der Waals surface area contributed by atoms with E-state index in [0.717, 1.165) is 18.6 Å². The van der Waals surface area contributed by atoms with Crippen LogP contribution in [0.5, 0.6) is 5.75 Å². The van der Waals surface area contributed by atoms with Gasteiger partial charge in [-0.2, -0.15) is 0 Å². The van der Waals surface area contributed by atoms with Crippen LogP contribution in [0.4, 0.5) is 0 Å². The van der Waals surface area contributed by atoms with Crippen molar-refractivity contribution in [3.63, 3.8) is 0 Å². The lowest BCUT2D eigenvalue weighted by Gasteiger charge is -2.48.